The highest BCUT2D eigenvalue weighted by Gasteiger charge is 2.51. The van der Waals surface area contributed by atoms with Crippen molar-refractivity contribution < 1.29 is 14.0 Å². The van der Waals surface area contributed by atoms with E-state index < -0.39 is 0 Å². The lowest BCUT2D eigenvalue weighted by Gasteiger charge is -2.32. The van der Waals surface area contributed by atoms with Crippen LogP contribution in [-0.4, -0.2) is 34.7 Å². The Morgan fingerprint density at radius 3 is 2.54 bits per heavy atom. The molecule has 1 aromatic carbocycles. The van der Waals surface area contributed by atoms with Crippen molar-refractivity contribution in [3.05, 3.63) is 24.4 Å². The van der Waals surface area contributed by atoms with Gasteiger partial charge < -0.3 is 14.0 Å². The van der Waals surface area contributed by atoms with E-state index in [-0.39, 0.29) is 24.5 Å². The largest absolute Gasteiger partial charge is 0.494 e. The molecular formula is C18H25BN2O3. The maximum absolute atomic E-state index is 6.18. The molecule has 2 aromatic rings. The van der Waals surface area contributed by atoms with Crippen molar-refractivity contribution in [1.29, 1.82) is 0 Å². The number of ether oxygens (including phenoxy) is 1. The van der Waals surface area contributed by atoms with Gasteiger partial charge in [-0.25, -0.2) is 4.68 Å². The maximum Gasteiger partial charge on any atom is 0.494 e. The number of rotatable bonds is 2. The van der Waals surface area contributed by atoms with Gasteiger partial charge in [-0.15, -0.1) is 0 Å². The smallest absolute Gasteiger partial charge is 0.399 e. The highest BCUT2D eigenvalue weighted by molar-refractivity contribution is 6.62. The Kier molecular flexibility index (Phi) is 3.75. The summed E-state index contributed by atoms with van der Waals surface area (Å²) < 4.78 is 20.3. The third-order valence-corrected chi connectivity index (χ3v) is 5.58. The van der Waals surface area contributed by atoms with E-state index in [4.69, 9.17) is 14.0 Å². The first-order valence-corrected chi connectivity index (χ1v) is 8.82. The predicted octanol–water partition coefficient (Wildman–Crippen LogP) is 3.03. The first-order chi connectivity index (χ1) is 11.4. The van der Waals surface area contributed by atoms with Gasteiger partial charge in [0.05, 0.1) is 22.9 Å². The predicted molar refractivity (Wildman–Crippen MR) is 94.3 cm³/mol. The van der Waals surface area contributed by atoms with Gasteiger partial charge in [0.2, 0.25) is 0 Å². The monoisotopic (exact) mass is 328 g/mol. The Morgan fingerprint density at radius 2 is 1.88 bits per heavy atom. The van der Waals surface area contributed by atoms with E-state index >= 15 is 0 Å². The molecular weight excluding hydrogens is 303 g/mol. The summed E-state index contributed by atoms with van der Waals surface area (Å²) in [6.45, 7) is 9.11. The molecule has 0 aliphatic carbocycles. The summed E-state index contributed by atoms with van der Waals surface area (Å²) in [6, 6.07) is 6.28. The Bertz CT molecular complexity index is 734. The molecule has 0 N–H and O–H groups in total. The lowest BCUT2D eigenvalue weighted by atomic mass is 9.79. The molecule has 0 spiro atoms. The SMILES string of the molecule is CC1(C)OB(c2ccc3cnn([C@@H]4CCCCO4)c3c2)OC1(C)C. The number of hydrogen-bond acceptors (Lipinski definition) is 4. The van der Waals surface area contributed by atoms with Crippen LogP contribution in [-0.2, 0) is 14.0 Å². The molecule has 6 heteroatoms. The van der Waals surface area contributed by atoms with Crippen molar-refractivity contribution in [3.8, 4) is 0 Å². The standard InChI is InChI=1S/C18H25BN2O3/c1-17(2)18(3,4)24-19(23-17)14-9-8-13-12-20-21(15(13)11-14)16-7-5-6-10-22-16/h8-9,11-12,16H,5-7,10H2,1-4H3/t16-/m0/s1. The van der Waals surface area contributed by atoms with E-state index in [1.807, 2.05) is 10.9 Å². The molecule has 128 valence electrons. The van der Waals surface area contributed by atoms with Gasteiger partial charge >= 0.3 is 7.12 Å². The molecule has 1 atom stereocenters. The number of benzene rings is 1. The average molecular weight is 328 g/mol. The summed E-state index contributed by atoms with van der Waals surface area (Å²) in [4.78, 5) is 0. The topological polar surface area (TPSA) is 45.5 Å². The van der Waals surface area contributed by atoms with Crippen molar-refractivity contribution in [2.75, 3.05) is 6.61 Å². The van der Waals surface area contributed by atoms with Crippen LogP contribution in [0.3, 0.4) is 0 Å². The molecule has 2 aliphatic rings. The van der Waals surface area contributed by atoms with Gasteiger partial charge in [0.1, 0.15) is 0 Å². The summed E-state index contributed by atoms with van der Waals surface area (Å²) in [5, 5.41) is 5.67. The maximum atomic E-state index is 6.18. The van der Waals surface area contributed by atoms with Crippen molar-refractivity contribution in [2.24, 2.45) is 0 Å². The van der Waals surface area contributed by atoms with Crippen LogP contribution in [0.25, 0.3) is 10.9 Å². The Morgan fingerprint density at radius 1 is 1.12 bits per heavy atom. The van der Waals surface area contributed by atoms with Crippen LogP contribution in [0.1, 0.15) is 53.2 Å². The van der Waals surface area contributed by atoms with Crippen LogP contribution in [0.2, 0.25) is 0 Å². The van der Waals surface area contributed by atoms with Gasteiger partial charge in [0.25, 0.3) is 0 Å². The zero-order valence-corrected chi connectivity index (χ0v) is 14.9. The Labute approximate surface area is 143 Å². The zero-order valence-electron chi connectivity index (χ0n) is 14.9. The van der Waals surface area contributed by atoms with Crippen LogP contribution < -0.4 is 5.46 Å². The minimum absolute atomic E-state index is 0.0322. The first-order valence-electron chi connectivity index (χ1n) is 8.82. The molecule has 2 fully saturated rings. The third-order valence-electron chi connectivity index (χ3n) is 5.58. The summed E-state index contributed by atoms with van der Waals surface area (Å²) in [7, 11) is -0.352. The summed E-state index contributed by atoms with van der Waals surface area (Å²) >= 11 is 0. The van der Waals surface area contributed by atoms with E-state index in [1.165, 1.54) is 6.42 Å². The molecule has 0 amide bonds. The van der Waals surface area contributed by atoms with Gasteiger partial charge in [-0.1, -0.05) is 12.1 Å². The van der Waals surface area contributed by atoms with Gasteiger partial charge in [0.15, 0.2) is 6.23 Å². The second-order valence-corrected chi connectivity index (χ2v) is 7.82. The fourth-order valence-electron chi connectivity index (χ4n) is 3.33. The summed E-state index contributed by atoms with van der Waals surface area (Å²) in [6.07, 6.45) is 5.26. The average Bonchev–Trinajstić information content (AvgIpc) is 3.06. The van der Waals surface area contributed by atoms with Gasteiger partial charge in [-0.3, -0.25) is 0 Å². The fourth-order valence-corrected chi connectivity index (χ4v) is 3.33. The van der Waals surface area contributed by atoms with Gasteiger partial charge in [-0.2, -0.15) is 5.10 Å². The van der Waals surface area contributed by atoms with E-state index in [9.17, 15) is 0 Å². The molecule has 1 aromatic heterocycles. The number of hydrogen-bond donors (Lipinski definition) is 0. The van der Waals surface area contributed by atoms with Crippen LogP contribution in [0.4, 0.5) is 0 Å². The molecule has 24 heavy (non-hydrogen) atoms. The number of nitrogens with zero attached hydrogens (tertiary/aromatic N) is 2. The summed E-state index contributed by atoms with van der Waals surface area (Å²) in [5.74, 6) is 0. The van der Waals surface area contributed by atoms with E-state index in [1.54, 1.807) is 0 Å². The second kappa shape index (κ2) is 5.58. The second-order valence-electron chi connectivity index (χ2n) is 7.82. The quantitative estimate of drug-likeness (QED) is 0.795. The minimum atomic E-state index is -0.352. The normalized spacial score (nSPS) is 26.2. The molecule has 0 bridgehead atoms. The molecule has 2 aliphatic heterocycles. The first kappa shape index (κ1) is 16.1. The lowest BCUT2D eigenvalue weighted by molar-refractivity contribution is -0.0366. The molecule has 4 rings (SSSR count). The van der Waals surface area contributed by atoms with E-state index in [2.05, 4.69) is 51.0 Å². The van der Waals surface area contributed by atoms with Gasteiger partial charge in [-0.05, 0) is 58.5 Å². The molecule has 3 heterocycles. The molecule has 0 unspecified atom stereocenters. The molecule has 0 saturated carbocycles. The Balaban J connectivity index is 1.68. The molecule has 5 nitrogen and oxygen atoms in total. The van der Waals surface area contributed by atoms with Crippen LogP contribution >= 0.6 is 0 Å². The van der Waals surface area contributed by atoms with E-state index in [0.717, 1.165) is 35.8 Å². The van der Waals surface area contributed by atoms with Crippen molar-refractivity contribution >= 4 is 23.5 Å². The fraction of sp³-hybridized carbons (Fsp3) is 0.611. The Hall–Kier alpha value is -1.37. The van der Waals surface area contributed by atoms with Crippen molar-refractivity contribution in [2.45, 2.75) is 64.4 Å². The molecule has 2 saturated heterocycles. The van der Waals surface area contributed by atoms with Crippen molar-refractivity contribution in [3.63, 3.8) is 0 Å². The highest BCUT2D eigenvalue weighted by Crippen LogP contribution is 2.36. The minimum Gasteiger partial charge on any atom is -0.399 e. The third kappa shape index (κ3) is 2.57. The van der Waals surface area contributed by atoms with Crippen LogP contribution in [0.15, 0.2) is 24.4 Å². The van der Waals surface area contributed by atoms with Crippen molar-refractivity contribution in [1.82, 2.24) is 9.78 Å². The number of fused-ring (bicyclic) bond motifs is 1. The highest BCUT2D eigenvalue weighted by atomic mass is 16.7. The van der Waals surface area contributed by atoms with Crippen LogP contribution in [0, 0.1) is 0 Å². The zero-order chi connectivity index (χ0) is 16.9. The molecule has 0 radical (unpaired) electrons. The van der Waals surface area contributed by atoms with Crippen LogP contribution in [0.5, 0.6) is 0 Å². The summed E-state index contributed by atoms with van der Waals surface area (Å²) in [5.41, 5.74) is 1.44. The lowest BCUT2D eigenvalue weighted by Crippen LogP contribution is -2.41. The van der Waals surface area contributed by atoms with Gasteiger partial charge in [0, 0.05) is 12.0 Å². The van der Waals surface area contributed by atoms with E-state index in [0.29, 0.717) is 0 Å². The number of aromatic nitrogens is 2.